The van der Waals surface area contributed by atoms with Crippen LogP contribution in [-0.4, -0.2) is 53.5 Å². The number of carboxylic acid groups (broad SMARTS) is 1. The van der Waals surface area contributed by atoms with Gasteiger partial charge in [-0.3, -0.25) is 14.4 Å². The summed E-state index contributed by atoms with van der Waals surface area (Å²) < 4.78 is 6.15. The zero-order chi connectivity index (χ0) is 29.2. The first-order chi connectivity index (χ1) is 19.5. The number of fused-ring (bicyclic) bond motifs is 7. The third-order valence-corrected chi connectivity index (χ3v) is 13.7. The summed E-state index contributed by atoms with van der Waals surface area (Å²) in [5.74, 6) is 0.452. The fourth-order valence-electron chi connectivity index (χ4n) is 11.4. The lowest BCUT2D eigenvalue weighted by Gasteiger charge is -2.65. The standard InChI is InChI=1S/C35H53NO5/c1-22-25-10-15-35(4)26-9-14-33(2)13-8-23(32(39)40)20-27(33)24(26)21-28(37)31(35)34(25,3)16-11-29(22)41-30(38)12-19-36-17-6-5-7-18-36/h21-23,25-27,29,31H,5-20H2,1-4H3,(H,39,40). The van der Waals surface area contributed by atoms with Gasteiger partial charge in [-0.2, -0.15) is 0 Å². The second-order valence-electron chi connectivity index (χ2n) is 15.8. The van der Waals surface area contributed by atoms with Gasteiger partial charge in [-0.15, -0.1) is 0 Å². The molecule has 0 spiro atoms. The summed E-state index contributed by atoms with van der Waals surface area (Å²) in [6.45, 7) is 12.4. The quantitative estimate of drug-likeness (QED) is 0.374. The van der Waals surface area contributed by atoms with Gasteiger partial charge in [0.15, 0.2) is 5.78 Å². The van der Waals surface area contributed by atoms with E-state index in [2.05, 4.69) is 32.6 Å². The van der Waals surface area contributed by atoms with Crippen molar-refractivity contribution >= 4 is 17.7 Å². The Balaban J connectivity index is 1.19. The third kappa shape index (κ3) is 4.92. The highest BCUT2D eigenvalue weighted by molar-refractivity contribution is 5.95. The van der Waals surface area contributed by atoms with E-state index in [0.29, 0.717) is 24.7 Å². The Kier molecular flexibility index (Phi) is 7.73. The molecule has 0 aromatic heterocycles. The molecule has 6 aliphatic rings. The van der Waals surface area contributed by atoms with E-state index in [0.717, 1.165) is 71.0 Å². The van der Waals surface area contributed by atoms with Crippen LogP contribution < -0.4 is 0 Å². The third-order valence-electron chi connectivity index (χ3n) is 13.7. The molecule has 228 valence electrons. The van der Waals surface area contributed by atoms with Crippen LogP contribution >= 0.6 is 0 Å². The van der Waals surface area contributed by atoms with Gasteiger partial charge in [0.05, 0.1) is 12.3 Å². The summed E-state index contributed by atoms with van der Waals surface area (Å²) in [7, 11) is 0. The Hall–Kier alpha value is -1.69. The first-order valence-electron chi connectivity index (χ1n) is 16.9. The smallest absolute Gasteiger partial charge is 0.307 e. The maximum atomic E-state index is 14.3. The van der Waals surface area contributed by atoms with Gasteiger partial charge >= 0.3 is 11.9 Å². The summed E-state index contributed by atoms with van der Waals surface area (Å²) in [5.41, 5.74) is 1.23. The molecule has 6 nitrogen and oxygen atoms in total. The molecule has 0 aromatic carbocycles. The fourth-order valence-corrected chi connectivity index (χ4v) is 11.4. The minimum absolute atomic E-state index is 0.0103. The molecule has 5 aliphatic carbocycles. The average molecular weight is 568 g/mol. The van der Waals surface area contributed by atoms with E-state index in [-0.39, 0.29) is 57.8 Å². The van der Waals surface area contributed by atoms with Crippen molar-refractivity contribution in [2.24, 2.45) is 51.8 Å². The molecule has 6 rings (SSSR count). The van der Waals surface area contributed by atoms with Crippen LogP contribution in [-0.2, 0) is 19.1 Å². The van der Waals surface area contributed by atoms with Crippen LogP contribution in [0, 0.1) is 51.8 Å². The van der Waals surface area contributed by atoms with Crippen LogP contribution in [0.15, 0.2) is 11.6 Å². The van der Waals surface area contributed by atoms with Gasteiger partial charge in [0.1, 0.15) is 6.10 Å². The topological polar surface area (TPSA) is 83.9 Å². The van der Waals surface area contributed by atoms with Crippen LogP contribution in [0.25, 0.3) is 0 Å². The molecular weight excluding hydrogens is 514 g/mol. The SMILES string of the molecule is CC1C(OC(=O)CCN2CCCCC2)CCC2(C)C1CCC1(C)C3CCC4(C)CCC(C(=O)O)CC4C3=CC(=O)C12. The Morgan fingerprint density at radius 1 is 0.951 bits per heavy atom. The van der Waals surface area contributed by atoms with Gasteiger partial charge in [-0.1, -0.05) is 39.7 Å². The number of carbonyl (C=O) groups is 3. The summed E-state index contributed by atoms with van der Waals surface area (Å²) in [4.78, 5) is 41.5. The van der Waals surface area contributed by atoms with Crippen molar-refractivity contribution in [3.63, 3.8) is 0 Å². The number of ketones is 1. The highest BCUT2D eigenvalue weighted by Gasteiger charge is 2.65. The molecule has 6 heteroatoms. The Morgan fingerprint density at radius 2 is 1.66 bits per heavy atom. The first kappa shape index (κ1) is 29.4. The van der Waals surface area contributed by atoms with E-state index in [1.807, 2.05) is 6.08 Å². The second-order valence-corrected chi connectivity index (χ2v) is 15.8. The minimum Gasteiger partial charge on any atom is -0.481 e. The van der Waals surface area contributed by atoms with Crippen molar-refractivity contribution < 1.29 is 24.2 Å². The second kappa shape index (κ2) is 10.8. The predicted octanol–water partition coefficient (Wildman–Crippen LogP) is 6.67. The van der Waals surface area contributed by atoms with Crippen molar-refractivity contribution in [1.29, 1.82) is 0 Å². The van der Waals surface area contributed by atoms with Crippen LogP contribution in [0.5, 0.6) is 0 Å². The molecule has 1 saturated heterocycles. The van der Waals surface area contributed by atoms with Crippen LogP contribution in [0.4, 0.5) is 0 Å². The van der Waals surface area contributed by atoms with E-state index in [9.17, 15) is 19.5 Å². The van der Waals surface area contributed by atoms with Crippen molar-refractivity contribution in [3.05, 3.63) is 11.6 Å². The number of likely N-dealkylation sites (tertiary alicyclic amines) is 1. The van der Waals surface area contributed by atoms with Gasteiger partial charge in [0.2, 0.25) is 0 Å². The van der Waals surface area contributed by atoms with Crippen LogP contribution in [0.1, 0.15) is 111 Å². The number of carbonyl (C=O) groups excluding carboxylic acids is 2. The highest BCUT2D eigenvalue weighted by atomic mass is 16.5. The number of allylic oxidation sites excluding steroid dienone is 2. The summed E-state index contributed by atoms with van der Waals surface area (Å²) >= 11 is 0. The molecule has 10 unspecified atom stereocenters. The van der Waals surface area contributed by atoms with Crippen molar-refractivity contribution in [2.75, 3.05) is 19.6 Å². The van der Waals surface area contributed by atoms with Crippen LogP contribution in [0.3, 0.4) is 0 Å². The number of rotatable bonds is 5. The highest BCUT2D eigenvalue weighted by Crippen LogP contribution is 2.69. The van der Waals surface area contributed by atoms with Gasteiger partial charge in [-0.25, -0.2) is 0 Å². The van der Waals surface area contributed by atoms with E-state index in [1.54, 1.807) is 0 Å². The number of hydrogen-bond acceptors (Lipinski definition) is 5. The zero-order valence-corrected chi connectivity index (χ0v) is 26.0. The van der Waals surface area contributed by atoms with Crippen LogP contribution in [0.2, 0.25) is 0 Å². The molecule has 0 bridgehead atoms. The predicted molar refractivity (Wildman–Crippen MR) is 158 cm³/mol. The molecular formula is C35H53NO5. The van der Waals surface area contributed by atoms with Gasteiger partial charge in [-0.05, 0) is 130 Å². The van der Waals surface area contributed by atoms with E-state index < -0.39 is 5.97 Å². The number of ether oxygens (including phenoxy) is 1. The number of aliphatic carboxylic acids is 1. The summed E-state index contributed by atoms with van der Waals surface area (Å²) in [6, 6.07) is 0. The molecule has 1 aliphatic heterocycles. The lowest BCUT2D eigenvalue weighted by Crippen LogP contribution is -2.62. The lowest BCUT2D eigenvalue weighted by atomic mass is 9.38. The lowest BCUT2D eigenvalue weighted by molar-refractivity contribution is -0.182. The van der Waals surface area contributed by atoms with Gasteiger partial charge in [0.25, 0.3) is 0 Å². The van der Waals surface area contributed by atoms with Crippen molar-refractivity contribution in [3.8, 4) is 0 Å². The maximum Gasteiger partial charge on any atom is 0.307 e. The number of carboxylic acids is 1. The molecule has 5 fully saturated rings. The molecule has 1 N–H and O–H groups in total. The van der Waals surface area contributed by atoms with Crippen molar-refractivity contribution in [2.45, 2.75) is 117 Å². The molecule has 0 radical (unpaired) electrons. The number of piperidine rings is 1. The minimum atomic E-state index is -0.674. The molecule has 10 atom stereocenters. The number of hydrogen-bond donors (Lipinski definition) is 1. The molecule has 1 heterocycles. The normalized spacial score (nSPS) is 46.3. The number of nitrogens with zero attached hydrogens (tertiary/aromatic N) is 1. The Labute approximate surface area is 247 Å². The Morgan fingerprint density at radius 3 is 2.39 bits per heavy atom. The van der Waals surface area contributed by atoms with Gasteiger partial charge in [0, 0.05) is 12.5 Å². The maximum absolute atomic E-state index is 14.3. The van der Waals surface area contributed by atoms with Crippen molar-refractivity contribution in [1.82, 2.24) is 4.90 Å². The summed E-state index contributed by atoms with van der Waals surface area (Å²) in [6.07, 6.45) is 14.7. The van der Waals surface area contributed by atoms with Gasteiger partial charge < -0.3 is 14.7 Å². The summed E-state index contributed by atoms with van der Waals surface area (Å²) in [5, 5.41) is 9.83. The van der Waals surface area contributed by atoms with E-state index in [1.165, 1.54) is 24.8 Å². The molecule has 41 heavy (non-hydrogen) atoms. The molecule has 0 aromatic rings. The first-order valence-corrected chi connectivity index (χ1v) is 16.9. The molecule has 4 saturated carbocycles. The monoisotopic (exact) mass is 567 g/mol. The van der Waals surface area contributed by atoms with E-state index >= 15 is 0 Å². The fraction of sp³-hybridized carbons (Fsp3) is 0.857. The Bertz CT molecular complexity index is 1090. The molecule has 0 amide bonds. The number of esters is 1. The zero-order valence-electron chi connectivity index (χ0n) is 26.0. The van der Waals surface area contributed by atoms with E-state index in [4.69, 9.17) is 4.74 Å². The largest absolute Gasteiger partial charge is 0.481 e. The average Bonchev–Trinajstić information content (AvgIpc) is 2.93.